The zero-order valence-electron chi connectivity index (χ0n) is 5.49. The number of aromatic nitrogens is 2. The fraction of sp³-hybridized carbons (Fsp3) is 0.333. The topological polar surface area (TPSA) is 44.3 Å². The van der Waals surface area contributed by atoms with Gasteiger partial charge in [0.15, 0.2) is 0 Å². The lowest BCUT2D eigenvalue weighted by Crippen LogP contribution is -2.11. The Labute approximate surface area is 58.6 Å². The highest BCUT2D eigenvalue weighted by atomic mass is 15.5. The van der Waals surface area contributed by atoms with Crippen molar-refractivity contribution in [2.75, 3.05) is 11.6 Å². The second-order valence-electron chi connectivity index (χ2n) is 2.15. The first kappa shape index (κ1) is 5.46. The van der Waals surface area contributed by atoms with Gasteiger partial charge >= 0.3 is 0 Å². The SMILES string of the molecule is C1=NN(c2cnc[nH]2)CC1. The molecule has 0 bridgehead atoms. The molecule has 0 radical (unpaired) electrons. The molecule has 0 atom stereocenters. The minimum atomic E-state index is 0.961. The fourth-order valence-corrected chi connectivity index (χ4v) is 0.966. The predicted octanol–water partition coefficient (Wildman–Crippen LogP) is 0.606. The number of H-pyrrole nitrogens is 1. The minimum Gasteiger partial charge on any atom is -0.330 e. The zero-order chi connectivity index (χ0) is 6.81. The molecule has 0 aliphatic carbocycles. The van der Waals surface area contributed by atoms with Crippen LogP contribution in [0.4, 0.5) is 5.82 Å². The molecule has 1 aromatic rings. The van der Waals surface area contributed by atoms with Crippen LogP contribution in [-0.2, 0) is 0 Å². The third-order valence-electron chi connectivity index (χ3n) is 1.45. The van der Waals surface area contributed by atoms with Crippen molar-refractivity contribution in [2.24, 2.45) is 5.10 Å². The smallest absolute Gasteiger partial charge is 0.146 e. The van der Waals surface area contributed by atoms with E-state index < -0.39 is 0 Å². The van der Waals surface area contributed by atoms with Crippen LogP contribution in [0.25, 0.3) is 0 Å². The normalized spacial score (nSPS) is 16.6. The number of rotatable bonds is 1. The van der Waals surface area contributed by atoms with Crippen molar-refractivity contribution in [3.05, 3.63) is 12.5 Å². The van der Waals surface area contributed by atoms with E-state index in [9.17, 15) is 0 Å². The summed E-state index contributed by atoms with van der Waals surface area (Å²) in [5.41, 5.74) is 0. The molecule has 2 heterocycles. The molecule has 1 aliphatic rings. The van der Waals surface area contributed by atoms with E-state index in [1.165, 1.54) is 0 Å². The summed E-state index contributed by atoms with van der Waals surface area (Å²) in [6.45, 7) is 0.961. The Hall–Kier alpha value is -1.32. The van der Waals surface area contributed by atoms with E-state index in [1.54, 1.807) is 12.5 Å². The van der Waals surface area contributed by atoms with Gasteiger partial charge < -0.3 is 4.98 Å². The largest absolute Gasteiger partial charge is 0.330 e. The van der Waals surface area contributed by atoms with Crippen LogP contribution in [0, 0.1) is 0 Å². The third kappa shape index (κ3) is 0.775. The van der Waals surface area contributed by atoms with Gasteiger partial charge in [-0.15, -0.1) is 0 Å². The van der Waals surface area contributed by atoms with Gasteiger partial charge in [0.2, 0.25) is 0 Å². The maximum absolute atomic E-state index is 4.12. The highest BCUT2D eigenvalue weighted by Crippen LogP contribution is 2.11. The van der Waals surface area contributed by atoms with E-state index in [1.807, 2.05) is 11.2 Å². The number of hydrazone groups is 1. The van der Waals surface area contributed by atoms with Gasteiger partial charge in [-0.2, -0.15) is 5.10 Å². The van der Waals surface area contributed by atoms with Gasteiger partial charge in [-0.25, -0.2) is 9.99 Å². The average Bonchev–Trinajstić information content (AvgIpc) is 2.59. The van der Waals surface area contributed by atoms with E-state index >= 15 is 0 Å². The molecular formula is C6H8N4. The number of hydrogen-bond donors (Lipinski definition) is 1. The summed E-state index contributed by atoms with van der Waals surface area (Å²) in [4.78, 5) is 6.88. The summed E-state index contributed by atoms with van der Waals surface area (Å²) in [5.74, 6) is 0.966. The standard InChI is InChI=1S/C6H8N4/c1-2-9-10(3-1)6-4-7-5-8-6/h2,4-5H,1,3H2,(H,7,8). The molecule has 0 fully saturated rings. The zero-order valence-corrected chi connectivity index (χ0v) is 5.49. The molecule has 1 N–H and O–H groups in total. The molecular weight excluding hydrogens is 128 g/mol. The molecule has 2 rings (SSSR count). The number of nitrogens with zero attached hydrogens (tertiary/aromatic N) is 3. The molecule has 4 heteroatoms. The van der Waals surface area contributed by atoms with E-state index in [0.717, 1.165) is 18.8 Å². The van der Waals surface area contributed by atoms with E-state index in [-0.39, 0.29) is 0 Å². The maximum Gasteiger partial charge on any atom is 0.146 e. The van der Waals surface area contributed by atoms with Gasteiger partial charge in [0.25, 0.3) is 0 Å². The molecule has 52 valence electrons. The van der Waals surface area contributed by atoms with Crippen LogP contribution in [0.3, 0.4) is 0 Å². The van der Waals surface area contributed by atoms with Crippen LogP contribution in [0.5, 0.6) is 0 Å². The van der Waals surface area contributed by atoms with Crippen molar-refractivity contribution >= 4 is 12.0 Å². The van der Waals surface area contributed by atoms with Gasteiger partial charge in [-0.1, -0.05) is 0 Å². The second-order valence-corrected chi connectivity index (χ2v) is 2.15. The molecule has 1 aromatic heterocycles. The van der Waals surface area contributed by atoms with Crippen LogP contribution >= 0.6 is 0 Å². The highest BCUT2D eigenvalue weighted by molar-refractivity contribution is 5.63. The van der Waals surface area contributed by atoms with Crippen LogP contribution in [0.2, 0.25) is 0 Å². The Kier molecular flexibility index (Phi) is 1.16. The van der Waals surface area contributed by atoms with Crippen molar-refractivity contribution < 1.29 is 0 Å². The lowest BCUT2D eigenvalue weighted by Gasteiger charge is -2.08. The molecule has 10 heavy (non-hydrogen) atoms. The minimum absolute atomic E-state index is 0.961. The summed E-state index contributed by atoms with van der Waals surface area (Å²) in [6.07, 6.45) is 6.35. The van der Waals surface area contributed by atoms with E-state index in [4.69, 9.17) is 0 Å². The molecule has 0 saturated heterocycles. The van der Waals surface area contributed by atoms with Gasteiger partial charge in [0, 0.05) is 19.2 Å². The van der Waals surface area contributed by atoms with Gasteiger partial charge in [0.1, 0.15) is 5.82 Å². The molecule has 0 saturated carbocycles. The quantitative estimate of drug-likeness (QED) is 0.614. The Morgan fingerprint density at radius 2 is 2.60 bits per heavy atom. The van der Waals surface area contributed by atoms with Crippen molar-refractivity contribution in [3.8, 4) is 0 Å². The first-order chi connectivity index (χ1) is 4.97. The summed E-state index contributed by atoms with van der Waals surface area (Å²) in [5, 5.41) is 6.01. The van der Waals surface area contributed by atoms with Crippen LogP contribution in [0.1, 0.15) is 6.42 Å². The summed E-state index contributed by atoms with van der Waals surface area (Å²) in [7, 11) is 0. The number of aromatic amines is 1. The summed E-state index contributed by atoms with van der Waals surface area (Å²) in [6, 6.07) is 0. The summed E-state index contributed by atoms with van der Waals surface area (Å²) >= 11 is 0. The van der Waals surface area contributed by atoms with Gasteiger partial charge in [0.05, 0.1) is 12.5 Å². The van der Waals surface area contributed by atoms with Crippen molar-refractivity contribution in [1.29, 1.82) is 0 Å². The Balaban J connectivity index is 2.20. The van der Waals surface area contributed by atoms with Gasteiger partial charge in [-0.05, 0) is 0 Å². The molecule has 1 aliphatic heterocycles. The number of nitrogens with one attached hydrogen (secondary N) is 1. The number of hydrogen-bond acceptors (Lipinski definition) is 3. The van der Waals surface area contributed by atoms with Gasteiger partial charge in [-0.3, -0.25) is 0 Å². The van der Waals surface area contributed by atoms with Crippen LogP contribution in [0.15, 0.2) is 17.6 Å². The van der Waals surface area contributed by atoms with E-state index in [0.29, 0.717) is 0 Å². The average molecular weight is 136 g/mol. The van der Waals surface area contributed by atoms with Crippen LogP contribution in [-0.4, -0.2) is 22.7 Å². The monoisotopic (exact) mass is 136 g/mol. The number of anilines is 1. The number of imidazole rings is 1. The third-order valence-corrected chi connectivity index (χ3v) is 1.45. The predicted molar refractivity (Wildman–Crippen MR) is 39.0 cm³/mol. The van der Waals surface area contributed by atoms with Crippen molar-refractivity contribution in [1.82, 2.24) is 9.97 Å². The summed E-state index contributed by atoms with van der Waals surface area (Å²) < 4.78 is 0. The lowest BCUT2D eigenvalue weighted by atomic mass is 10.5. The Bertz CT molecular complexity index is 226. The molecule has 0 aromatic carbocycles. The Morgan fingerprint density at radius 1 is 1.60 bits per heavy atom. The molecule has 0 unspecified atom stereocenters. The van der Waals surface area contributed by atoms with Crippen LogP contribution < -0.4 is 5.01 Å². The van der Waals surface area contributed by atoms with E-state index in [2.05, 4.69) is 15.1 Å². The maximum atomic E-state index is 4.12. The molecule has 4 nitrogen and oxygen atoms in total. The molecule has 0 amide bonds. The first-order valence-corrected chi connectivity index (χ1v) is 3.25. The molecule has 0 spiro atoms. The Morgan fingerprint density at radius 3 is 3.20 bits per heavy atom. The fourth-order valence-electron chi connectivity index (χ4n) is 0.966. The second kappa shape index (κ2) is 2.13. The van der Waals surface area contributed by atoms with Crippen molar-refractivity contribution in [2.45, 2.75) is 6.42 Å². The lowest BCUT2D eigenvalue weighted by molar-refractivity contribution is 0.903. The van der Waals surface area contributed by atoms with Crippen molar-refractivity contribution in [3.63, 3.8) is 0 Å². The highest BCUT2D eigenvalue weighted by Gasteiger charge is 2.07. The first-order valence-electron chi connectivity index (χ1n) is 3.25.